The Labute approximate surface area is 96.0 Å². The number of hydrogen-bond acceptors (Lipinski definition) is 3. The third kappa shape index (κ3) is 1.77. The maximum Gasteiger partial charge on any atom is 0.0697 e. The van der Waals surface area contributed by atoms with Gasteiger partial charge in [-0.2, -0.15) is 0 Å². The second-order valence-electron chi connectivity index (χ2n) is 4.88. The summed E-state index contributed by atoms with van der Waals surface area (Å²) in [6.45, 7) is 7.37. The number of aromatic amines is 1. The fourth-order valence-corrected chi connectivity index (χ4v) is 2.64. The van der Waals surface area contributed by atoms with Gasteiger partial charge in [-0.3, -0.25) is 4.90 Å². The second kappa shape index (κ2) is 4.20. The summed E-state index contributed by atoms with van der Waals surface area (Å²) in [5, 5.41) is 3.39. The molecule has 2 fully saturated rings. The van der Waals surface area contributed by atoms with Crippen molar-refractivity contribution in [1.29, 1.82) is 0 Å². The smallest absolute Gasteiger partial charge is 0.0697 e. The molecule has 0 unspecified atom stereocenters. The van der Waals surface area contributed by atoms with E-state index in [1.54, 1.807) is 0 Å². The van der Waals surface area contributed by atoms with Crippen molar-refractivity contribution >= 4 is 0 Å². The minimum atomic E-state index is 0.223. The first kappa shape index (κ1) is 10.3. The topological polar surface area (TPSA) is 40.3 Å². The van der Waals surface area contributed by atoms with Gasteiger partial charge < -0.3 is 15.0 Å². The predicted molar refractivity (Wildman–Crippen MR) is 62.6 cm³/mol. The van der Waals surface area contributed by atoms with E-state index in [1.807, 2.05) is 6.20 Å². The average Bonchev–Trinajstić information content (AvgIpc) is 2.78. The molecule has 0 spiro atoms. The van der Waals surface area contributed by atoms with Crippen LogP contribution in [0.3, 0.4) is 0 Å². The van der Waals surface area contributed by atoms with Crippen LogP contribution in [0.4, 0.5) is 0 Å². The predicted octanol–water partition coefficient (Wildman–Crippen LogP) is 0.188. The van der Waals surface area contributed by atoms with Crippen LogP contribution in [-0.4, -0.2) is 55.8 Å². The van der Waals surface area contributed by atoms with Crippen LogP contribution in [0.25, 0.3) is 0 Å². The molecular weight excluding hydrogens is 202 g/mol. The molecule has 1 aromatic rings. The summed E-state index contributed by atoms with van der Waals surface area (Å²) in [5.41, 5.74) is 1.55. The van der Waals surface area contributed by atoms with E-state index in [4.69, 9.17) is 4.74 Å². The Balaban J connectivity index is 1.70. The molecule has 0 bridgehead atoms. The highest BCUT2D eigenvalue weighted by molar-refractivity contribution is 5.22. The van der Waals surface area contributed by atoms with Crippen molar-refractivity contribution in [3.8, 4) is 0 Å². The van der Waals surface area contributed by atoms with E-state index < -0.39 is 0 Å². The molecule has 0 aliphatic carbocycles. The summed E-state index contributed by atoms with van der Waals surface area (Å²) in [5.74, 6) is 0. The highest BCUT2D eigenvalue weighted by Crippen LogP contribution is 2.32. The minimum absolute atomic E-state index is 0.223. The average molecular weight is 221 g/mol. The zero-order valence-electron chi connectivity index (χ0n) is 9.54. The Kier molecular flexibility index (Phi) is 2.71. The summed E-state index contributed by atoms with van der Waals surface area (Å²) >= 11 is 0. The number of piperazine rings is 1. The maximum absolute atomic E-state index is 5.44. The lowest BCUT2D eigenvalue weighted by atomic mass is 9.81. The van der Waals surface area contributed by atoms with Crippen molar-refractivity contribution < 1.29 is 4.74 Å². The van der Waals surface area contributed by atoms with E-state index >= 15 is 0 Å². The van der Waals surface area contributed by atoms with Crippen molar-refractivity contribution in [2.24, 2.45) is 0 Å². The van der Waals surface area contributed by atoms with Crippen LogP contribution in [0, 0.1) is 0 Å². The highest BCUT2D eigenvalue weighted by atomic mass is 16.5. The van der Waals surface area contributed by atoms with Gasteiger partial charge in [0.1, 0.15) is 0 Å². The fourth-order valence-electron chi connectivity index (χ4n) is 2.64. The first-order valence-corrected chi connectivity index (χ1v) is 6.04. The lowest BCUT2D eigenvalue weighted by molar-refractivity contribution is -0.0774. The zero-order chi connectivity index (χ0) is 10.8. The number of rotatable bonds is 3. The summed E-state index contributed by atoms with van der Waals surface area (Å²) in [4.78, 5) is 5.89. The number of aromatic nitrogens is 1. The van der Waals surface area contributed by atoms with Gasteiger partial charge in [-0.1, -0.05) is 0 Å². The number of nitrogens with one attached hydrogen (secondary N) is 2. The third-order valence-electron chi connectivity index (χ3n) is 3.66. The third-order valence-corrected chi connectivity index (χ3v) is 3.66. The largest absolute Gasteiger partial charge is 0.379 e. The van der Waals surface area contributed by atoms with E-state index in [-0.39, 0.29) is 5.41 Å². The van der Waals surface area contributed by atoms with Gasteiger partial charge in [0.15, 0.2) is 0 Å². The van der Waals surface area contributed by atoms with Crippen molar-refractivity contribution in [3.05, 3.63) is 24.0 Å². The van der Waals surface area contributed by atoms with E-state index in [9.17, 15) is 0 Å². The van der Waals surface area contributed by atoms with Crippen LogP contribution in [0.1, 0.15) is 5.69 Å². The standard InChI is InChI=1S/C12H19N3O/c1-2-11(14-3-1)12(9-16-10-12)8-15-6-4-13-5-7-15/h1-3,13-14H,4-10H2. The van der Waals surface area contributed by atoms with Crippen LogP contribution in [0.15, 0.2) is 18.3 Å². The number of H-pyrrole nitrogens is 1. The first-order chi connectivity index (χ1) is 7.89. The van der Waals surface area contributed by atoms with Crippen LogP contribution >= 0.6 is 0 Å². The number of ether oxygens (including phenoxy) is 1. The molecule has 0 atom stereocenters. The monoisotopic (exact) mass is 221 g/mol. The molecule has 0 saturated carbocycles. The van der Waals surface area contributed by atoms with Crippen LogP contribution in [0.2, 0.25) is 0 Å². The van der Waals surface area contributed by atoms with Gasteiger partial charge >= 0.3 is 0 Å². The van der Waals surface area contributed by atoms with E-state index in [0.29, 0.717) is 0 Å². The lowest BCUT2D eigenvalue weighted by Gasteiger charge is -2.45. The molecule has 4 nitrogen and oxygen atoms in total. The SMILES string of the molecule is c1c[nH]c(C2(CN3CCNCC3)COC2)c1. The quantitative estimate of drug-likeness (QED) is 0.765. The zero-order valence-corrected chi connectivity index (χ0v) is 9.54. The number of nitrogens with zero attached hydrogens (tertiary/aromatic N) is 1. The molecule has 16 heavy (non-hydrogen) atoms. The fraction of sp³-hybridized carbons (Fsp3) is 0.667. The summed E-state index contributed by atoms with van der Waals surface area (Å²) in [6, 6.07) is 4.26. The molecule has 3 heterocycles. The summed E-state index contributed by atoms with van der Waals surface area (Å²) in [6.07, 6.45) is 2.01. The van der Waals surface area contributed by atoms with Gasteiger partial charge in [-0.05, 0) is 12.1 Å². The van der Waals surface area contributed by atoms with E-state index in [0.717, 1.165) is 45.9 Å². The lowest BCUT2D eigenvalue weighted by Crippen LogP contribution is -2.57. The first-order valence-electron chi connectivity index (χ1n) is 6.04. The Hall–Kier alpha value is -0.840. The minimum Gasteiger partial charge on any atom is -0.379 e. The van der Waals surface area contributed by atoms with Gasteiger partial charge in [0.2, 0.25) is 0 Å². The maximum atomic E-state index is 5.44. The van der Waals surface area contributed by atoms with Gasteiger partial charge in [0.25, 0.3) is 0 Å². The van der Waals surface area contributed by atoms with Gasteiger partial charge in [0.05, 0.1) is 18.6 Å². The molecule has 0 aromatic carbocycles. The van der Waals surface area contributed by atoms with Crippen LogP contribution in [-0.2, 0) is 10.2 Å². The van der Waals surface area contributed by atoms with Gasteiger partial charge in [-0.25, -0.2) is 0 Å². The molecule has 88 valence electrons. The number of hydrogen-bond donors (Lipinski definition) is 2. The Morgan fingerprint density at radius 1 is 1.31 bits per heavy atom. The molecule has 0 amide bonds. The normalized spacial score (nSPS) is 25.2. The summed E-state index contributed by atoms with van der Waals surface area (Å²) in [7, 11) is 0. The Morgan fingerprint density at radius 2 is 2.12 bits per heavy atom. The highest BCUT2D eigenvalue weighted by Gasteiger charge is 2.42. The molecule has 3 rings (SSSR count). The molecule has 1 aromatic heterocycles. The molecule has 2 aliphatic heterocycles. The van der Waals surface area contributed by atoms with E-state index in [2.05, 4.69) is 27.3 Å². The van der Waals surface area contributed by atoms with Gasteiger partial charge in [0, 0.05) is 44.6 Å². The second-order valence-corrected chi connectivity index (χ2v) is 4.88. The molecule has 4 heteroatoms. The molecule has 0 radical (unpaired) electrons. The summed E-state index contributed by atoms with van der Waals surface area (Å²) < 4.78 is 5.44. The molecular formula is C12H19N3O. The van der Waals surface area contributed by atoms with E-state index in [1.165, 1.54) is 5.69 Å². The van der Waals surface area contributed by atoms with Crippen LogP contribution in [0.5, 0.6) is 0 Å². The van der Waals surface area contributed by atoms with Crippen molar-refractivity contribution in [1.82, 2.24) is 15.2 Å². The van der Waals surface area contributed by atoms with Crippen molar-refractivity contribution in [2.75, 3.05) is 45.9 Å². The Morgan fingerprint density at radius 3 is 2.69 bits per heavy atom. The van der Waals surface area contributed by atoms with Crippen molar-refractivity contribution in [2.45, 2.75) is 5.41 Å². The molecule has 2 N–H and O–H groups in total. The van der Waals surface area contributed by atoms with Gasteiger partial charge in [-0.15, -0.1) is 0 Å². The van der Waals surface area contributed by atoms with Crippen LogP contribution < -0.4 is 5.32 Å². The molecule has 2 aliphatic rings. The Bertz CT molecular complexity index is 326. The molecule has 2 saturated heterocycles. The van der Waals surface area contributed by atoms with Crippen molar-refractivity contribution in [3.63, 3.8) is 0 Å².